The molecule has 0 spiro atoms. The van der Waals surface area contributed by atoms with Gasteiger partial charge in [0.15, 0.2) is 5.82 Å². The molecule has 76 valence electrons. The number of alkyl halides is 1. The zero-order valence-electron chi connectivity index (χ0n) is 8.02. The maximum Gasteiger partial charge on any atom is 0.161 e. The summed E-state index contributed by atoms with van der Waals surface area (Å²) in [6, 6.07) is 9.78. The summed E-state index contributed by atoms with van der Waals surface area (Å²) >= 11 is 3.33. The number of anilines is 1. The van der Waals surface area contributed by atoms with Gasteiger partial charge >= 0.3 is 0 Å². The van der Waals surface area contributed by atoms with Crippen LogP contribution in [0.2, 0.25) is 0 Å². The third kappa shape index (κ3) is 2.15. The van der Waals surface area contributed by atoms with Crippen LogP contribution in [0.25, 0.3) is 11.4 Å². The summed E-state index contributed by atoms with van der Waals surface area (Å²) in [4.78, 5) is 8.51. The summed E-state index contributed by atoms with van der Waals surface area (Å²) in [7, 11) is 0. The molecule has 1 aromatic heterocycles. The average molecular weight is 264 g/mol. The topological polar surface area (TPSA) is 51.8 Å². The van der Waals surface area contributed by atoms with Crippen LogP contribution in [0, 0.1) is 0 Å². The molecular formula is C11H10BrN3. The van der Waals surface area contributed by atoms with Gasteiger partial charge in [-0.3, -0.25) is 0 Å². The van der Waals surface area contributed by atoms with Gasteiger partial charge in [-0.15, -0.1) is 0 Å². The molecule has 0 aliphatic carbocycles. The summed E-state index contributed by atoms with van der Waals surface area (Å²) in [5, 5.41) is 0.675. The van der Waals surface area contributed by atoms with Crippen LogP contribution in [0.1, 0.15) is 5.56 Å². The van der Waals surface area contributed by atoms with Crippen molar-refractivity contribution >= 4 is 21.7 Å². The van der Waals surface area contributed by atoms with Crippen LogP contribution in [0.5, 0.6) is 0 Å². The molecule has 0 radical (unpaired) electrons. The van der Waals surface area contributed by atoms with Crippen LogP contribution in [-0.2, 0) is 5.33 Å². The van der Waals surface area contributed by atoms with E-state index in [0.29, 0.717) is 17.0 Å². The van der Waals surface area contributed by atoms with Gasteiger partial charge in [-0.05, 0) is 0 Å². The van der Waals surface area contributed by atoms with Gasteiger partial charge in [0, 0.05) is 22.7 Å². The molecule has 1 aromatic carbocycles. The Morgan fingerprint density at radius 1 is 1.20 bits per heavy atom. The van der Waals surface area contributed by atoms with E-state index in [1.165, 1.54) is 0 Å². The van der Waals surface area contributed by atoms with Crippen molar-refractivity contribution in [3.63, 3.8) is 0 Å². The minimum atomic E-state index is 0.528. The molecule has 0 aliphatic heterocycles. The molecule has 2 aromatic rings. The lowest BCUT2D eigenvalue weighted by molar-refractivity contribution is 1.14. The highest BCUT2D eigenvalue weighted by atomic mass is 79.9. The van der Waals surface area contributed by atoms with Crippen LogP contribution >= 0.6 is 15.9 Å². The molecule has 0 saturated carbocycles. The molecule has 1 heterocycles. The van der Waals surface area contributed by atoms with Crippen molar-refractivity contribution in [2.24, 2.45) is 0 Å². The Bertz CT molecular complexity index is 457. The second-order valence-electron chi connectivity index (χ2n) is 3.10. The molecule has 2 N–H and O–H groups in total. The van der Waals surface area contributed by atoms with E-state index < -0.39 is 0 Å². The number of nitrogens with zero attached hydrogens (tertiary/aromatic N) is 2. The molecule has 0 unspecified atom stereocenters. The average Bonchev–Trinajstić information content (AvgIpc) is 2.30. The lowest BCUT2D eigenvalue weighted by Gasteiger charge is -2.03. The zero-order valence-corrected chi connectivity index (χ0v) is 9.61. The third-order valence-electron chi connectivity index (χ3n) is 2.07. The van der Waals surface area contributed by atoms with Gasteiger partial charge in [0.25, 0.3) is 0 Å². The van der Waals surface area contributed by atoms with E-state index in [-0.39, 0.29) is 0 Å². The predicted octanol–water partition coefficient (Wildman–Crippen LogP) is 2.62. The number of rotatable bonds is 2. The molecule has 0 fully saturated rings. The molecule has 15 heavy (non-hydrogen) atoms. The molecule has 0 aliphatic rings. The predicted molar refractivity (Wildman–Crippen MR) is 64.5 cm³/mol. The fourth-order valence-electron chi connectivity index (χ4n) is 1.25. The Hall–Kier alpha value is -1.42. The first-order chi connectivity index (χ1) is 7.31. The smallest absolute Gasteiger partial charge is 0.161 e. The van der Waals surface area contributed by atoms with E-state index in [9.17, 15) is 0 Å². The quantitative estimate of drug-likeness (QED) is 0.848. The highest BCUT2D eigenvalue weighted by Crippen LogP contribution is 2.18. The Balaban J connectivity index is 2.43. The van der Waals surface area contributed by atoms with Gasteiger partial charge < -0.3 is 5.73 Å². The minimum Gasteiger partial charge on any atom is -0.383 e. The first-order valence-electron chi connectivity index (χ1n) is 4.54. The number of benzene rings is 1. The summed E-state index contributed by atoms with van der Waals surface area (Å²) in [5.41, 5.74) is 7.68. The van der Waals surface area contributed by atoms with Crippen molar-refractivity contribution in [2.75, 3.05) is 5.73 Å². The van der Waals surface area contributed by atoms with Crippen molar-refractivity contribution in [1.82, 2.24) is 9.97 Å². The first-order valence-corrected chi connectivity index (χ1v) is 5.66. The zero-order chi connectivity index (χ0) is 10.7. The lowest BCUT2D eigenvalue weighted by atomic mass is 10.2. The van der Waals surface area contributed by atoms with Gasteiger partial charge in [0.05, 0.1) is 0 Å². The maximum absolute atomic E-state index is 5.79. The van der Waals surface area contributed by atoms with Crippen molar-refractivity contribution in [3.05, 3.63) is 42.1 Å². The summed E-state index contributed by atoms with van der Waals surface area (Å²) in [6.07, 6.45) is 1.75. The van der Waals surface area contributed by atoms with E-state index in [0.717, 1.165) is 11.1 Å². The lowest BCUT2D eigenvalue weighted by Crippen LogP contribution is -1.99. The molecule has 3 nitrogen and oxygen atoms in total. The highest BCUT2D eigenvalue weighted by Gasteiger charge is 2.04. The van der Waals surface area contributed by atoms with Crippen LogP contribution in [0.15, 0.2) is 36.5 Å². The van der Waals surface area contributed by atoms with E-state index in [1.54, 1.807) is 6.20 Å². The Kier molecular flexibility index (Phi) is 2.97. The molecule has 0 bridgehead atoms. The number of nitrogen functional groups attached to an aromatic ring is 1. The Morgan fingerprint density at radius 3 is 2.53 bits per heavy atom. The molecule has 2 rings (SSSR count). The Morgan fingerprint density at radius 2 is 1.93 bits per heavy atom. The highest BCUT2D eigenvalue weighted by molar-refractivity contribution is 9.08. The summed E-state index contributed by atoms with van der Waals surface area (Å²) in [6.45, 7) is 0. The second kappa shape index (κ2) is 4.40. The largest absolute Gasteiger partial charge is 0.383 e. The van der Waals surface area contributed by atoms with E-state index in [2.05, 4.69) is 25.9 Å². The number of halogens is 1. The van der Waals surface area contributed by atoms with Gasteiger partial charge in [-0.2, -0.15) is 0 Å². The number of hydrogen-bond acceptors (Lipinski definition) is 3. The molecular weight excluding hydrogens is 254 g/mol. The molecule has 0 saturated heterocycles. The molecule has 0 amide bonds. The SMILES string of the molecule is Nc1nc(-c2ccccc2)ncc1CBr. The monoisotopic (exact) mass is 263 g/mol. The van der Waals surface area contributed by atoms with Gasteiger partial charge in [0.1, 0.15) is 5.82 Å². The normalized spacial score (nSPS) is 10.2. The van der Waals surface area contributed by atoms with Crippen LogP contribution in [-0.4, -0.2) is 9.97 Å². The van der Waals surface area contributed by atoms with Gasteiger partial charge in [0.2, 0.25) is 0 Å². The number of aromatic nitrogens is 2. The fraction of sp³-hybridized carbons (Fsp3) is 0.0909. The first kappa shape index (κ1) is 10.1. The number of nitrogens with two attached hydrogens (primary N) is 1. The summed E-state index contributed by atoms with van der Waals surface area (Å²) in [5.74, 6) is 1.19. The maximum atomic E-state index is 5.79. The van der Waals surface area contributed by atoms with E-state index >= 15 is 0 Å². The van der Waals surface area contributed by atoms with Crippen molar-refractivity contribution < 1.29 is 0 Å². The third-order valence-corrected chi connectivity index (χ3v) is 2.68. The van der Waals surface area contributed by atoms with Gasteiger partial charge in [-0.1, -0.05) is 46.3 Å². The van der Waals surface area contributed by atoms with Gasteiger partial charge in [-0.25, -0.2) is 9.97 Å². The second-order valence-corrected chi connectivity index (χ2v) is 3.66. The minimum absolute atomic E-state index is 0.528. The van der Waals surface area contributed by atoms with E-state index in [4.69, 9.17) is 5.73 Å². The standard InChI is InChI=1S/C11H10BrN3/c12-6-9-7-14-11(15-10(9)13)8-4-2-1-3-5-8/h1-5,7H,6H2,(H2,13,14,15). The van der Waals surface area contributed by atoms with Crippen LogP contribution < -0.4 is 5.73 Å². The van der Waals surface area contributed by atoms with Crippen molar-refractivity contribution in [3.8, 4) is 11.4 Å². The van der Waals surface area contributed by atoms with Crippen LogP contribution in [0.4, 0.5) is 5.82 Å². The summed E-state index contributed by atoms with van der Waals surface area (Å²) < 4.78 is 0. The molecule has 4 heteroatoms. The fourth-order valence-corrected chi connectivity index (χ4v) is 1.68. The number of hydrogen-bond donors (Lipinski definition) is 1. The molecule has 0 atom stereocenters. The van der Waals surface area contributed by atoms with Crippen LogP contribution in [0.3, 0.4) is 0 Å². The Labute approximate surface area is 96.5 Å². The van der Waals surface area contributed by atoms with Crippen molar-refractivity contribution in [2.45, 2.75) is 5.33 Å². The van der Waals surface area contributed by atoms with Crippen molar-refractivity contribution in [1.29, 1.82) is 0 Å². The van der Waals surface area contributed by atoms with E-state index in [1.807, 2.05) is 30.3 Å².